The number of carbonyl (C=O) groups excluding carboxylic acids is 1. The highest BCUT2D eigenvalue weighted by Gasteiger charge is 2.31. The standard InChI is InChI=1S/C12H25N3O3/c1-9(2)15(6-7-17-3)8-10-4-5-11(18-10)12(16)14-13/h9-11H,4-8,13H2,1-3H3,(H,14,16). The molecule has 2 unspecified atom stereocenters. The van der Waals surface area contributed by atoms with E-state index in [0.29, 0.717) is 12.6 Å². The predicted octanol–water partition coefficient (Wildman–Crippen LogP) is -0.119. The van der Waals surface area contributed by atoms with Crippen molar-refractivity contribution in [2.75, 3.05) is 26.8 Å². The molecule has 0 spiro atoms. The summed E-state index contributed by atoms with van der Waals surface area (Å²) < 4.78 is 10.8. The van der Waals surface area contributed by atoms with Gasteiger partial charge in [0.05, 0.1) is 12.7 Å². The average Bonchev–Trinajstić information content (AvgIpc) is 2.81. The Morgan fingerprint density at radius 3 is 2.83 bits per heavy atom. The molecule has 2 atom stereocenters. The zero-order valence-corrected chi connectivity index (χ0v) is 11.5. The van der Waals surface area contributed by atoms with Gasteiger partial charge < -0.3 is 9.47 Å². The van der Waals surface area contributed by atoms with Gasteiger partial charge in [0.25, 0.3) is 5.91 Å². The van der Waals surface area contributed by atoms with Crippen molar-refractivity contribution in [1.82, 2.24) is 10.3 Å². The third-order valence-electron chi connectivity index (χ3n) is 3.29. The Morgan fingerprint density at radius 2 is 2.28 bits per heavy atom. The van der Waals surface area contributed by atoms with Crippen molar-refractivity contribution in [1.29, 1.82) is 0 Å². The molecule has 106 valence electrons. The number of carbonyl (C=O) groups is 1. The van der Waals surface area contributed by atoms with Gasteiger partial charge in [-0.05, 0) is 26.7 Å². The van der Waals surface area contributed by atoms with Crippen molar-refractivity contribution in [2.24, 2.45) is 5.84 Å². The summed E-state index contributed by atoms with van der Waals surface area (Å²) in [6, 6.07) is 0.436. The summed E-state index contributed by atoms with van der Waals surface area (Å²) in [6.45, 7) is 6.71. The lowest BCUT2D eigenvalue weighted by molar-refractivity contribution is -0.132. The molecule has 1 aliphatic heterocycles. The normalized spacial score (nSPS) is 23.9. The van der Waals surface area contributed by atoms with Crippen LogP contribution in [0.2, 0.25) is 0 Å². The molecule has 1 rings (SSSR count). The van der Waals surface area contributed by atoms with Gasteiger partial charge in [-0.1, -0.05) is 0 Å². The van der Waals surface area contributed by atoms with Crippen LogP contribution in [0.5, 0.6) is 0 Å². The maximum Gasteiger partial charge on any atom is 0.263 e. The second-order valence-corrected chi connectivity index (χ2v) is 4.91. The van der Waals surface area contributed by atoms with Crippen molar-refractivity contribution in [2.45, 2.75) is 44.9 Å². The summed E-state index contributed by atoms with van der Waals surface area (Å²) in [5, 5.41) is 0. The fourth-order valence-electron chi connectivity index (χ4n) is 2.16. The molecule has 0 aromatic carbocycles. The van der Waals surface area contributed by atoms with Gasteiger partial charge in [0.2, 0.25) is 0 Å². The van der Waals surface area contributed by atoms with E-state index < -0.39 is 6.10 Å². The number of hydrazine groups is 1. The van der Waals surface area contributed by atoms with Gasteiger partial charge in [0.1, 0.15) is 6.10 Å². The molecule has 1 saturated heterocycles. The molecule has 1 aliphatic rings. The summed E-state index contributed by atoms with van der Waals surface area (Å²) in [5.74, 6) is 4.87. The molecule has 0 aliphatic carbocycles. The molecule has 0 aromatic heterocycles. The van der Waals surface area contributed by atoms with E-state index in [4.69, 9.17) is 15.3 Å². The third-order valence-corrected chi connectivity index (χ3v) is 3.29. The third kappa shape index (κ3) is 4.53. The molecule has 0 saturated carbocycles. The lowest BCUT2D eigenvalue weighted by atomic mass is 10.1. The first-order valence-electron chi connectivity index (χ1n) is 6.47. The number of hydrogen-bond donors (Lipinski definition) is 2. The molecule has 1 amide bonds. The van der Waals surface area contributed by atoms with Gasteiger partial charge >= 0.3 is 0 Å². The Balaban J connectivity index is 2.39. The molecule has 6 nitrogen and oxygen atoms in total. The second-order valence-electron chi connectivity index (χ2n) is 4.91. The zero-order valence-electron chi connectivity index (χ0n) is 11.5. The molecule has 1 heterocycles. The number of hydrogen-bond acceptors (Lipinski definition) is 5. The number of nitrogens with zero attached hydrogens (tertiary/aromatic N) is 1. The van der Waals surface area contributed by atoms with Gasteiger partial charge in [-0.15, -0.1) is 0 Å². The lowest BCUT2D eigenvalue weighted by Gasteiger charge is -2.28. The van der Waals surface area contributed by atoms with Crippen molar-refractivity contribution in [3.05, 3.63) is 0 Å². The van der Waals surface area contributed by atoms with Crippen LogP contribution in [0, 0.1) is 0 Å². The Labute approximate surface area is 109 Å². The minimum absolute atomic E-state index is 0.103. The van der Waals surface area contributed by atoms with E-state index >= 15 is 0 Å². The molecular formula is C12H25N3O3. The monoisotopic (exact) mass is 259 g/mol. The average molecular weight is 259 g/mol. The zero-order chi connectivity index (χ0) is 13.5. The van der Waals surface area contributed by atoms with E-state index in [1.165, 1.54) is 0 Å². The fraction of sp³-hybridized carbons (Fsp3) is 0.917. The summed E-state index contributed by atoms with van der Waals surface area (Å²) in [6.07, 6.45) is 1.35. The fourth-order valence-corrected chi connectivity index (χ4v) is 2.16. The largest absolute Gasteiger partial charge is 0.383 e. The van der Waals surface area contributed by atoms with Crippen LogP contribution in [-0.4, -0.2) is 55.9 Å². The molecular weight excluding hydrogens is 234 g/mol. The number of methoxy groups -OCH3 is 1. The molecule has 0 aromatic rings. The van der Waals surface area contributed by atoms with Crippen LogP contribution in [-0.2, 0) is 14.3 Å². The first-order valence-corrected chi connectivity index (χ1v) is 6.47. The number of ether oxygens (including phenoxy) is 2. The Bertz CT molecular complexity index is 261. The van der Waals surface area contributed by atoms with Gasteiger partial charge in [-0.25, -0.2) is 5.84 Å². The van der Waals surface area contributed by atoms with Gasteiger partial charge in [-0.3, -0.25) is 15.1 Å². The number of rotatable bonds is 7. The summed E-state index contributed by atoms with van der Waals surface area (Å²) in [5.41, 5.74) is 2.14. The second kappa shape index (κ2) is 7.68. The van der Waals surface area contributed by atoms with Gasteiger partial charge in [-0.2, -0.15) is 0 Å². The minimum Gasteiger partial charge on any atom is -0.383 e. The maximum atomic E-state index is 11.4. The molecule has 0 bridgehead atoms. The van der Waals surface area contributed by atoms with Crippen LogP contribution in [0.1, 0.15) is 26.7 Å². The SMILES string of the molecule is COCCN(CC1CCC(C(=O)NN)O1)C(C)C. The van der Waals surface area contributed by atoms with Gasteiger partial charge in [0, 0.05) is 26.2 Å². The molecule has 1 fully saturated rings. The predicted molar refractivity (Wildman–Crippen MR) is 68.8 cm³/mol. The van der Waals surface area contributed by atoms with E-state index in [-0.39, 0.29) is 12.0 Å². The topological polar surface area (TPSA) is 76.8 Å². The highest BCUT2D eigenvalue weighted by atomic mass is 16.5. The quantitative estimate of drug-likeness (QED) is 0.379. The Kier molecular flexibility index (Phi) is 6.56. The van der Waals surface area contributed by atoms with Crippen molar-refractivity contribution in [3.8, 4) is 0 Å². The molecule has 18 heavy (non-hydrogen) atoms. The van der Waals surface area contributed by atoms with E-state index in [0.717, 1.165) is 25.9 Å². The van der Waals surface area contributed by atoms with Crippen LogP contribution in [0.15, 0.2) is 0 Å². The van der Waals surface area contributed by atoms with E-state index in [1.807, 2.05) is 0 Å². The maximum absolute atomic E-state index is 11.4. The highest BCUT2D eigenvalue weighted by molar-refractivity contribution is 5.80. The highest BCUT2D eigenvalue weighted by Crippen LogP contribution is 2.21. The first kappa shape index (κ1) is 15.4. The first-order chi connectivity index (χ1) is 8.58. The van der Waals surface area contributed by atoms with Crippen LogP contribution < -0.4 is 11.3 Å². The van der Waals surface area contributed by atoms with Crippen LogP contribution >= 0.6 is 0 Å². The van der Waals surface area contributed by atoms with Crippen molar-refractivity contribution >= 4 is 5.91 Å². The summed E-state index contributed by atoms with van der Waals surface area (Å²) in [4.78, 5) is 13.7. The van der Waals surface area contributed by atoms with Crippen LogP contribution in [0.3, 0.4) is 0 Å². The molecule has 0 radical (unpaired) electrons. The van der Waals surface area contributed by atoms with E-state index in [9.17, 15) is 4.79 Å². The molecule has 3 N–H and O–H groups in total. The Morgan fingerprint density at radius 1 is 1.56 bits per heavy atom. The van der Waals surface area contributed by atoms with Crippen molar-refractivity contribution in [3.63, 3.8) is 0 Å². The number of nitrogens with one attached hydrogen (secondary N) is 1. The van der Waals surface area contributed by atoms with Crippen LogP contribution in [0.25, 0.3) is 0 Å². The lowest BCUT2D eigenvalue weighted by Crippen LogP contribution is -2.42. The number of amides is 1. The van der Waals surface area contributed by atoms with Crippen molar-refractivity contribution < 1.29 is 14.3 Å². The number of nitrogens with two attached hydrogens (primary N) is 1. The molecule has 6 heteroatoms. The Hall–Kier alpha value is -0.690. The summed E-state index contributed by atoms with van der Waals surface area (Å²) in [7, 11) is 1.70. The minimum atomic E-state index is -0.392. The van der Waals surface area contributed by atoms with E-state index in [2.05, 4.69) is 24.2 Å². The van der Waals surface area contributed by atoms with Gasteiger partial charge in [0.15, 0.2) is 0 Å². The van der Waals surface area contributed by atoms with Crippen LogP contribution in [0.4, 0.5) is 0 Å². The smallest absolute Gasteiger partial charge is 0.263 e. The van der Waals surface area contributed by atoms with E-state index in [1.54, 1.807) is 7.11 Å². The summed E-state index contributed by atoms with van der Waals surface area (Å²) >= 11 is 0.